The summed E-state index contributed by atoms with van der Waals surface area (Å²) in [5.41, 5.74) is 4.06. The molecule has 0 saturated heterocycles. The lowest BCUT2D eigenvalue weighted by atomic mass is 10.1. The molecule has 0 saturated carbocycles. The van der Waals surface area contributed by atoms with Gasteiger partial charge in [-0.15, -0.1) is 0 Å². The van der Waals surface area contributed by atoms with Crippen LogP contribution in [0.3, 0.4) is 0 Å². The molecule has 1 amide bonds. The van der Waals surface area contributed by atoms with Gasteiger partial charge >= 0.3 is 5.97 Å². The summed E-state index contributed by atoms with van der Waals surface area (Å²) in [5, 5.41) is 3.80. The predicted molar refractivity (Wildman–Crippen MR) is 105 cm³/mol. The SMILES string of the molecule is COC(=O)[C@@H](Cc1ccc2ccccc2n1)NC(=O)c1cc(C)cc(C)c1. The lowest BCUT2D eigenvalue weighted by Crippen LogP contribution is -2.43. The molecule has 0 radical (unpaired) electrons. The zero-order valence-corrected chi connectivity index (χ0v) is 15.7. The Morgan fingerprint density at radius 3 is 2.44 bits per heavy atom. The number of esters is 1. The van der Waals surface area contributed by atoms with Gasteiger partial charge in [0, 0.05) is 23.1 Å². The van der Waals surface area contributed by atoms with E-state index in [9.17, 15) is 9.59 Å². The highest BCUT2D eigenvalue weighted by molar-refractivity contribution is 5.97. The molecule has 0 unspecified atom stereocenters. The third-order valence-corrected chi connectivity index (χ3v) is 4.34. The van der Waals surface area contributed by atoms with Crippen molar-refractivity contribution in [1.29, 1.82) is 0 Å². The molecule has 0 spiro atoms. The molecule has 0 bridgehead atoms. The van der Waals surface area contributed by atoms with Crippen molar-refractivity contribution in [2.75, 3.05) is 7.11 Å². The second-order valence-electron chi connectivity index (χ2n) is 6.63. The van der Waals surface area contributed by atoms with Crippen LogP contribution >= 0.6 is 0 Å². The summed E-state index contributed by atoms with van der Waals surface area (Å²) in [6.45, 7) is 3.86. The molecule has 1 atom stereocenters. The van der Waals surface area contributed by atoms with Crippen LogP contribution in [0.4, 0.5) is 0 Å². The highest BCUT2D eigenvalue weighted by Crippen LogP contribution is 2.14. The average molecular weight is 362 g/mol. The minimum Gasteiger partial charge on any atom is -0.467 e. The molecule has 27 heavy (non-hydrogen) atoms. The molecular weight excluding hydrogens is 340 g/mol. The number of hydrogen-bond donors (Lipinski definition) is 1. The molecule has 0 aliphatic rings. The van der Waals surface area contributed by atoms with E-state index in [1.807, 2.05) is 56.3 Å². The lowest BCUT2D eigenvalue weighted by molar-refractivity contribution is -0.142. The summed E-state index contributed by atoms with van der Waals surface area (Å²) in [6.07, 6.45) is 0.258. The number of benzene rings is 2. The van der Waals surface area contributed by atoms with E-state index in [1.165, 1.54) is 7.11 Å². The van der Waals surface area contributed by atoms with E-state index in [0.717, 1.165) is 22.0 Å². The minimum atomic E-state index is -0.808. The minimum absolute atomic E-state index is 0.258. The molecule has 3 aromatic rings. The number of pyridine rings is 1. The third-order valence-electron chi connectivity index (χ3n) is 4.34. The molecular formula is C22H22N2O3. The van der Waals surface area contributed by atoms with Crippen LogP contribution in [-0.2, 0) is 16.0 Å². The van der Waals surface area contributed by atoms with Crippen molar-refractivity contribution >= 4 is 22.8 Å². The fraction of sp³-hybridized carbons (Fsp3) is 0.227. The molecule has 0 aliphatic carbocycles. The summed E-state index contributed by atoms with van der Waals surface area (Å²) in [6, 6.07) is 16.4. The normalized spacial score (nSPS) is 11.8. The van der Waals surface area contributed by atoms with Crippen molar-refractivity contribution in [2.45, 2.75) is 26.3 Å². The Morgan fingerprint density at radius 2 is 1.74 bits per heavy atom. The Balaban J connectivity index is 1.82. The van der Waals surface area contributed by atoms with Crippen LogP contribution in [0.15, 0.2) is 54.6 Å². The van der Waals surface area contributed by atoms with E-state index in [1.54, 1.807) is 12.1 Å². The first-order valence-electron chi connectivity index (χ1n) is 8.78. The monoisotopic (exact) mass is 362 g/mol. The van der Waals surface area contributed by atoms with Gasteiger partial charge in [0.1, 0.15) is 6.04 Å². The van der Waals surface area contributed by atoms with Crippen molar-refractivity contribution in [1.82, 2.24) is 10.3 Å². The van der Waals surface area contributed by atoms with Crippen molar-refractivity contribution in [3.05, 3.63) is 77.0 Å². The molecule has 2 aromatic carbocycles. The summed E-state index contributed by atoms with van der Waals surface area (Å²) in [5.74, 6) is -0.805. The first-order chi connectivity index (χ1) is 13.0. The highest BCUT2D eigenvalue weighted by atomic mass is 16.5. The van der Waals surface area contributed by atoms with Crippen LogP contribution in [0.2, 0.25) is 0 Å². The number of hydrogen-bond acceptors (Lipinski definition) is 4. The van der Waals surface area contributed by atoms with E-state index in [0.29, 0.717) is 11.3 Å². The maximum Gasteiger partial charge on any atom is 0.328 e. The van der Waals surface area contributed by atoms with Gasteiger partial charge in [0.25, 0.3) is 5.91 Å². The topological polar surface area (TPSA) is 68.3 Å². The maximum atomic E-state index is 12.6. The van der Waals surface area contributed by atoms with Gasteiger partial charge in [-0.1, -0.05) is 41.5 Å². The van der Waals surface area contributed by atoms with Gasteiger partial charge in [-0.25, -0.2) is 4.79 Å². The number of para-hydroxylation sites is 1. The second kappa shape index (κ2) is 7.99. The fourth-order valence-corrected chi connectivity index (χ4v) is 3.11. The third kappa shape index (κ3) is 4.50. The van der Waals surface area contributed by atoms with Crippen molar-refractivity contribution in [2.24, 2.45) is 0 Å². The van der Waals surface area contributed by atoms with Gasteiger partial charge in [0.15, 0.2) is 0 Å². The zero-order valence-electron chi connectivity index (χ0n) is 15.7. The number of carbonyl (C=O) groups excluding carboxylic acids is 2. The van der Waals surface area contributed by atoms with Crippen LogP contribution in [0.1, 0.15) is 27.2 Å². The van der Waals surface area contributed by atoms with Gasteiger partial charge in [-0.3, -0.25) is 9.78 Å². The number of fused-ring (bicyclic) bond motifs is 1. The Morgan fingerprint density at radius 1 is 1.04 bits per heavy atom. The molecule has 5 nitrogen and oxygen atoms in total. The summed E-state index contributed by atoms with van der Waals surface area (Å²) in [4.78, 5) is 29.4. The van der Waals surface area contributed by atoms with Crippen molar-refractivity contribution in [3.63, 3.8) is 0 Å². The van der Waals surface area contributed by atoms with Crippen LogP contribution in [0, 0.1) is 13.8 Å². The maximum absolute atomic E-state index is 12.6. The standard InChI is InChI=1S/C22H22N2O3/c1-14-10-15(2)12-17(11-14)21(25)24-20(22(26)27-3)13-18-9-8-16-6-4-5-7-19(16)23-18/h4-12,20H,13H2,1-3H3,(H,24,25)/t20-/m1/s1. The molecule has 0 aliphatic heterocycles. The van der Waals surface area contributed by atoms with E-state index >= 15 is 0 Å². The number of aromatic nitrogens is 1. The van der Waals surface area contributed by atoms with Gasteiger partial charge in [0.05, 0.1) is 12.6 Å². The lowest BCUT2D eigenvalue weighted by Gasteiger charge is -2.17. The Labute approximate surface area is 158 Å². The Kier molecular flexibility index (Phi) is 5.50. The van der Waals surface area contributed by atoms with Crippen LogP contribution in [-0.4, -0.2) is 30.0 Å². The van der Waals surface area contributed by atoms with E-state index in [4.69, 9.17) is 4.74 Å². The summed E-state index contributed by atoms with van der Waals surface area (Å²) >= 11 is 0. The van der Waals surface area contributed by atoms with E-state index in [-0.39, 0.29) is 12.3 Å². The predicted octanol–water partition coefficient (Wildman–Crippen LogP) is 3.37. The quantitative estimate of drug-likeness (QED) is 0.707. The number of nitrogens with one attached hydrogen (secondary N) is 1. The number of amides is 1. The number of aryl methyl sites for hydroxylation is 2. The van der Waals surface area contributed by atoms with E-state index < -0.39 is 12.0 Å². The molecule has 1 aromatic heterocycles. The molecule has 1 N–H and O–H groups in total. The first-order valence-corrected chi connectivity index (χ1v) is 8.78. The zero-order chi connectivity index (χ0) is 19.4. The Bertz CT molecular complexity index is 978. The second-order valence-corrected chi connectivity index (χ2v) is 6.63. The number of nitrogens with zero attached hydrogens (tertiary/aromatic N) is 1. The van der Waals surface area contributed by atoms with Crippen molar-refractivity contribution < 1.29 is 14.3 Å². The van der Waals surface area contributed by atoms with Crippen LogP contribution in [0.25, 0.3) is 10.9 Å². The smallest absolute Gasteiger partial charge is 0.328 e. The number of ether oxygens (including phenoxy) is 1. The number of rotatable bonds is 5. The van der Waals surface area contributed by atoms with Gasteiger partial charge in [0.2, 0.25) is 0 Å². The van der Waals surface area contributed by atoms with Crippen molar-refractivity contribution in [3.8, 4) is 0 Å². The fourth-order valence-electron chi connectivity index (χ4n) is 3.11. The number of carbonyl (C=O) groups is 2. The highest BCUT2D eigenvalue weighted by Gasteiger charge is 2.23. The molecule has 0 fully saturated rings. The molecule has 138 valence electrons. The van der Waals surface area contributed by atoms with E-state index in [2.05, 4.69) is 10.3 Å². The van der Waals surface area contributed by atoms with Gasteiger partial charge in [-0.05, 0) is 38.1 Å². The molecule has 3 rings (SSSR count). The van der Waals surface area contributed by atoms with Crippen LogP contribution in [0.5, 0.6) is 0 Å². The summed E-state index contributed by atoms with van der Waals surface area (Å²) < 4.78 is 4.87. The number of methoxy groups -OCH3 is 1. The Hall–Kier alpha value is -3.21. The molecule has 1 heterocycles. The van der Waals surface area contributed by atoms with Gasteiger partial charge in [-0.2, -0.15) is 0 Å². The summed E-state index contributed by atoms with van der Waals surface area (Å²) in [7, 11) is 1.31. The molecule has 5 heteroatoms. The first kappa shape index (κ1) is 18.6. The largest absolute Gasteiger partial charge is 0.467 e. The van der Waals surface area contributed by atoms with Gasteiger partial charge < -0.3 is 10.1 Å². The van der Waals surface area contributed by atoms with Crippen LogP contribution < -0.4 is 5.32 Å². The average Bonchev–Trinajstić information content (AvgIpc) is 2.66.